The molecule has 0 aliphatic heterocycles. The van der Waals surface area contributed by atoms with Crippen LogP contribution in [0.4, 0.5) is 15.2 Å². The molecule has 2 rings (SSSR count). The Kier molecular flexibility index (Phi) is 4.91. The van der Waals surface area contributed by atoms with E-state index in [-0.39, 0.29) is 17.0 Å². The van der Waals surface area contributed by atoms with E-state index in [0.29, 0.717) is 10.8 Å². The number of hydrogen-bond donors (Lipinski definition) is 2. The van der Waals surface area contributed by atoms with Gasteiger partial charge in [-0.3, -0.25) is 4.79 Å². The standard InChI is InChI=1S/C12H13FN4OS2/c1-7(19-12-17-16-11(14-2)20-12)10(18)15-9-5-3-8(13)4-6-9/h3-7H,1-2H3,(H,14,16)(H,15,18)/t7-/m0/s1. The zero-order valence-electron chi connectivity index (χ0n) is 10.9. The van der Waals surface area contributed by atoms with Crippen LogP contribution >= 0.6 is 23.1 Å². The summed E-state index contributed by atoms with van der Waals surface area (Å²) in [6.45, 7) is 1.78. The van der Waals surface area contributed by atoms with Gasteiger partial charge in [0, 0.05) is 12.7 Å². The van der Waals surface area contributed by atoms with Crippen molar-refractivity contribution >= 4 is 39.8 Å². The van der Waals surface area contributed by atoms with Gasteiger partial charge < -0.3 is 10.6 Å². The summed E-state index contributed by atoms with van der Waals surface area (Å²) in [6, 6.07) is 5.65. The van der Waals surface area contributed by atoms with Crippen LogP contribution in [0.25, 0.3) is 0 Å². The Bertz CT molecular complexity index is 587. The van der Waals surface area contributed by atoms with Gasteiger partial charge >= 0.3 is 0 Å². The molecule has 1 amide bonds. The third kappa shape index (κ3) is 3.91. The summed E-state index contributed by atoms with van der Waals surface area (Å²) >= 11 is 2.72. The second-order valence-electron chi connectivity index (χ2n) is 3.88. The van der Waals surface area contributed by atoms with E-state index in [9.17, 15) is 9.18 Å². The first-order valence-corrected chi connectivity index (χ1v) is 7.52. The third-order valence-corrected chi connectivity index (χ3v) is 4.50. The quantitative estimate of drug-likeness (QED) is 0.831. The molecule has 8 heteroatoms. The molecule has 1 aromatic heterocycles. The second kappa shape index (κ2) is 6.67. The first-order chi connectivity index (χ1) is 9.58. The molecule has 20 heavy (non-hydrogen) atoms. The van der Waals surface area contributed by atoms with Gasteiger partial charge in [-0.15, -0.1) is 10.2 Å². The van der Waals surface area contributed by atoms with Crippen LogP contribution in [0, 0.1) is 5.82 Å². The molecule has 106 valence electrons. The number of rotatable bonds is 5. The Balaban J connectivity index is 1.93. The van der Waals surface area contributed by atoms with Gasteiger partial charge in [-0.25, -0.2) is 4.39 Å². The molecular formula is C12H13FN4OS2. The van der Waals surface area contributed by atoms with E-state index in [1.807, 2.05) is 0 Å². The van der Waals surface area contributed by atoms with Gasteiger partial charge in [-0.05, 0) is 31.2 Å². The summed E-state index contributed by atoms with van der Waals surface area (Å²) < 4.78 is 13.5. The van der Waals surface area contributed by atoms with Gasteiger partial charge in [0.05, 0.1) is 5.25 Å². The van der Waals surface area contributed by atoms with Crippen LogP contribution in [0.1, 0.15) is 6.92 Å². The largest absolute Gasteiger partial charge is 0.363 e. The fourth-order valence-corrected chi connectivity index (χ4v) is 3.19. The predicted molar refractivity (Wildman–Crippen MR) is 79.8 cm³/mol. The van der Waals surface area contributed by atoms with E-state index >= 15 is 0 Å². The number of carbonyl (C=O) groups excluding carboxylic acids is 1. The average molecular weight is 312 g/mol. The van der Waals surface area contributed by atoms with Crippen LogP contribution in [0.3, 0.4) is 0 Å². The smallest absolute Gasteiger partial charge is 0.237 e. The number of aromatic nitrogens is 2. The minimum absolute atomic E-state index is 0.164. The van der Waals surface area contributed by atoms with Crippen molar-refractivity contribution in [2.45, 2.75) is 16.5 Å². The molecule has 0 spiro atoms. The molecule has 0 radical (unpaired) electrons. The van der Waals surface area contributed by atoms with E-state index < -0.39 is 0 Å². The van der Waals surface area contributed by atoms with Crippen molar-refractivity contribution in [1.82, 2.24) is 10.2 Å². The number of halogens is 1. The Hall–Kier alpha value is -1.67. The highest BCUT2D eigenvalue weighted by Gasteiger charge is 2.17. The SMILES string of the molecule is CNc1nnc(S[C@@H](C)C(=O)Nc2ccc(F)cc2)s1. The maximum Gasteiger partial charge on any atom is 0.237 e. The first kappa shape index (κ1) is 14.7. The number of anilines is 2. The highest BCUT2D eigenvalue weighted by Crippen LogP contribution is 2.29. The molecule has 0 fully saturated rings. The molecule has 2 N–H and O–H groups in total. The van der Waals surface area contributed by atoms with Gasteiger partial charge in [-0.1, -0.05) is 23.1 Å². The molecule has 0 saturated carbocycles. The maximum atomic E-state index is 12.8. The summed E-state index contributed by atoms with van der Waals surface area (Å²) in [5, 5.41) is 13.9. The van der Waals surface area contributed by atoms with E-state index in [0.717, 1.165) is 4.34 Å². The fourth-order valence-electron chi connectivity index (χ4n) is 1.34. The summed E-state index contributed by atoms with van der Waals surface area (Å²) in [6.07, 6.45) is 0. The molecule has 0 bridgehead atoms. The summed E-state index contributed by atoms with van der Waals surface area (Å²) in [5.74, 6) is -0.498. The molecule has 0 unspecified atom stereocenters. The molecule has 5 nitrogen and oxygen atoms in total. The zero-order chi connectivity index (χ0) is 14.5. The number of carbonyl (C=O) groups is 1. The molecule has 0 saturated heterocycles. The molecule has 2 aromatic rings. The van der Waals surface area contributed by atoms with Crippen molar-refractivity contribution in [1.29, 1.82) is 0 Å². The lowest BCUT2D eigenvalue weighted by Crippen LogP contribution is -2.22. The van der Waals surface area contributed by atoms with E-state index in [1.165, 1.54) is 47.4 Å². The third-order valence-electron chi connectivity index (χ3n) is 2.38. The van der Waals surface area contributed by atoms with Crippen molar-refractivity contribution in [3.8, 4) is 0 Å². The molecule has 0 aliphatic rings. The molecule has 0 aliphatic carbocycles. The lowest BCUT2D eigenvalue weighted by Gasteiger charge is -2.10. The van der Waals surface area contributed by atoms with Gasteiger partial charge in [0.1, 0.15) is 5.82 Å². The Morgan fingerprint density at radius 1 is 1.35 bits per heavy atom. The van der Waals surface area contributed by atoms with Crippen LogP contribution in [0.5, 0.6) is 0 Å². The summed E-state index contributed by atoms with van der Waals surface area (Å²) in [4.78, 5) is 12.0. The lowest BCUT2D eigenvalue weighted by molar-refractivity contribution is -0.115. The second-order valence-corrected chi connectivity index (χ2v) is 6.44. The van der Waals surface area contributed by atoms with Crippen molar-refractivity contribution in [2.24, 2.45) is 0 Å². The summed E-state index contributed by atoms with van der Waals surface area (Å²) in [7, 11) is 1.76. The van der Waals surface area contributed by atoms with E-state index in [1.54, 1.807) is 14.0 Å². The van der Waals surface area contributed by atoms with E-state index in [4.69, 9.17) is 0 Å². The van der Waals surface area contributed by atoms with Crippen LogP contribution in [-0.2, 0) is 4.79 Å². The van der Waals surface area contributed by atoms with Crippen molar-refractivity contribution in [3.63, 3.8) is 0 Å². The number of nitrogens with zero attached hydrogens (tertiary/aromatic N) is 2. The number of nitrogens with one attached hydrogen (secondary N) is 2. The van der Waals surface area contributed by atoms with Crippen LogP contribution < -0.4 is 10.6 Å². The van der Waals surface area contributed by atoms with Crippen LogP contribution in [-0.4, -0.2) is 28.4 Å². The van der Waals surface area contributed by atoms with Gasteiger partial charge in [0.15, 0.2) is 4.34 Å². The molecular weight excluding hydrogens is 299 g/mol. The topological polar surface area (TPSA) is 66.9 Å². The van der Waals surface area contributed by atoms with Gasteiger partial charge in [-0.2, -0.15) is 0 Å². The maximum absolute atomic E-state index is 12.8. The Morgan fingerprint density at radius 3 is 2.65 bits per heavy atom. The molecule has 1 heterocycles. The predicted octanol–water partition coefficient (Wildman–Crippen LogP) is 2.84. The number of hydrogen-bond acceptors (Lipinski definition) is 6. The van der Waals surface area contributed by atoms with Crippen LogP contribution in [0.2, 0.25) is 0 Å². The average Bonchev–Trinajstić information content (AvgIpc) is 2.89. The van der Waals surface area contributed by atoms with Crippen LogP contribution in [0.15, 0.2) is 28.6 Å². The van der Waals surface area contributed by atoms with Gasteiger partial charge in [0.2, 0.25) is 11.0 Å². The lowest BCUT2D eigenvalue weighted by atomic mass is 10.3. The first-order valence-electron chi connectivity index (χ1n) is 5.83. The van der Waals surface area contributed by atoms with Crippen molar-refractivity contribution < 1.29 is 9.18 Å². The minimum atomic E-state index is -0.334. The number of thioether (sulfide) groups is 1. The zero-order valence-corrected chi connectivity index (χ0v) is 12.5. The highest BCUT2D eigenvalue weighted by molar-refractivity contribution is 8.02. The fraction of sp³-hybridized carbons (Fsp3) is 0.250. The van der Waals surface area contributed by atoms with Crippen molar-refractivity contribution in [3.05, 3.63) is 30.1 Å². The highest BCUT2D eigenvalue weighted by atomic mass is 32.2. The Labute approximate surface area is 124 Å². The van der Waals surface area contributed by atoms with E-state index in [2.05, 4.69) is 20.8 Å². The summed E-state index contributed by atoms with van der Waals surface area (Å²) in [5.41, 5.74) is 0.567. The van der Waals surface area contributed by atoms with Crippen molar-refractivity contribution in [2.75, 3.05) is 17.7 Å². The Morgan fingerprint density at radius 2 is 2.05 bits per heavy atom. The number of benzene rings is 1. The molecule has 1 aromatic carbocycles. The minimum Gasteiger partial charge on any atom is -0.363 e. The molecule has 1 atom stereocenters. The monoisotopic (exact) mass is 312 g/mol. The number of amides is 1. The normalized spacial score (nSPS) is 11.9. The van der Waals surface area contributed by atoms with Gasteiger partial charge in [0.25, 0.3) is 0 Å².